The zero-order valence-electron chi connectivity index (χ0n) is 8.47. The molecule has 1 amide bonds. The number of benzene rings is 1. The van der Waals surface area contributed by atoms with Gasteiger partial charge in [0.2, 0.25) is 6.41 Å². The number of amides is 1. The standard InChI is InChI=1S/C11H13NO3/c1-9(6-13)7-15-11-4-2-10(3-5-11)12-8-14/h2-6,8-9H,7H2,1H3,(H,12,14). The Kier molecular flexibility index (Phi) is 4.34. The summed E-state index contributed by atoms with van der Waals surface area (Å²) >= 11 is 0. The topological polar surface area (TPSA) is 55.4 Å². The molecular weight excluding hydrogens is 194 g/mol. The first-order chi connectivity index (χ1) is 7.26. The molecule has 15 heavy (non-hydrogen) atoms. The number of ether oxygens (including phenoxy) is 1. The van der Waals surface area contributed by atoms with Crippen molar-refractivity contribution < 1.29 is 14.3 Å². The number of carbonyl (C=O) groups excluding carboxylic acids is 2. The van der Waals surface area contributed by atoms with Crippen LogP contribution in [0.5, 0.6) is 5.75 Å². The van der Waals surface area contributed by atoms with Gasteiger partial charge in [0.1, 0.15) is 12.0 Å². The Morgan fingerprint density at radius 1 is 1.33 bits per heavy atom. The summed E-state index contributed by atoms with van der Waals surface area (Å²) in [6.45, 7) is 2.15. The van der Waals surface area contributed by atoms with E-state index >= 15 is 0 Å². The predicted molar refractivity (Wildman–Crippen MR) is 56.9 cm³/mol. The van der Waals surface area contributed by atoms with Gasteiger partial charge in [0.05, 0.1) is 6.61 Å². The number of aldehydes is 1. The van der Waals surface area contributed by atoms with E-state index in [1.807, 2.05) is 0 Å². The van der Waals surface area contributed by atoms with E-state index in [4.69, 9.17) is 4.74 Å². The minimum Gasteiger partial charge on any atom is -0.493 e. The van der Waals surface area contributed by atoms with Crippen molar-refractivity contribution in [2.45, 2.75) is 6.92 Å². The molecule has 4 nitrogen and oxygen atoms in total. The van der Waals surface area contributed by atoms with Crippen molar-refractivity contribution in [3.63, 3.8) is 0 Å². The molecule has 0 fully saturated rings. The third-order valence-corrected chi connectivity index (χ3v) is 1.83. The van der Waals surface area contributed by atoms with Crippen LogP contribution in [0.2, 0.25) is 0 Å². The zero-order chi connectivity index (χ0) is 11.1. The van der Waals surface area contributed by atoms with E-state index in [0.717, 1.165) is 6.29 Å². The fraction of sp³-hybridized carbons (Fsp3) is 0.273. The van der Waals surface area contributed by atoms with E-state index < -0.39 is 0 Å². The van der Waals surface area contributed by atoms with Gasteiger partial charge in [0.15, 0.2) is 0 Å². The molecule has 0 heterocycles. The van der Waals surface area contributed by atoms with Crippen LogP contribution in [0.25, 0.3) is 0 Å². The van der Waals surface area contributed by atoms with Crippen LogP contribution in [0.1, 0.15) is 6.92 Å². The highest BCUT2D eigenvalue weighted by molar-refractivity contribution is 5.71. The van der Waals surface area contributed by atoms with Crippen LogP contribution < -0.4 is 10.1 Å². The van der Waals surface area contributed by atoms with E-state index in [-0.39, 0.29) is 5.92 Å². The third kappa shape index (κ3) is 3.81. The number of hydrogen-bond donors (Lipinski definition) is 1. The number of nitrogens with one attached hydrogen (secondary N) is 1. The lowest BCUT2D eigenvalue weighted by atomic mass is 10.2. The molecule has 0 radical (unpaired) electrons. The highest BCUT2D eigenvalue weighted by Crippen LogP contribution is 2.15. The van der Waals surface area contributed by atoms with E-state index in [1.165, 1.54) is 0 Å². The van der Waals surface area contributed by atoms with Crippen LogP contribution in [0.4, 0.5) is 5.69 Å². The highest BCUT2D eigenvalue weighted by atomic mass is 16.5. The van der Waals surface area contributed by atoms with Crippen LogP contribution in [-0.4, -0.2) is 19.3 Å². The maximum Gasteiger partial charge on any atom is 0.211 e. The van der Waals surface area contributed by atoms with Crippen molar-refractivity contribution in [3.05, 3.63) is 24.3 Å². The van der Waals surface area contributed by atoms with E-state index in [1.54, 1.807) is 31.2 Å². The van der Waals surface area contributed by atoms with Gasteiger partial charge in [-0.15, -0.1) is 0 Å². The van der Waals surface area contributed by atoms with Crippen LogP contribution >= 0.6 is 0 Å². The van der Waals surface area contributed by atoms with E-state index in [0.29, 0.717) is 24.5 Å². The molecule has 0 aliphatic rings. The summed E-state index contributed by atoms with van der Waals surface area (Å²) in [6, 6.07) is 6.94. The largest absolute Gasteiger partial charge is 0.493 e. The van der Waals surface area contributed by atoms with Gasteiger partial charge < -0.3 is 14.8 Å². The second kappa shape index (κ2) is 5.80. The van der Waals surface area contributed by atoms with E-state index in [9.17, 15) is 9.59 Å². The van der Waals surface area contributed by atoms with Gasteiger partial charge in [-0.05, 0) is 24.3 Å². The highest BCUT2D eigenvalue weighted by Gasteiger charge is 2.00. The van der Waals surface area contributed by atoms with Crippen molar-refractivity contribution in [2.24, 2.45) is 5.92 Å². The Balaban J connectivity index is 2.49. The monoisotopic (exact) mass is 207 g/mol. The van der Waals surface area contributed by atoms with Crippen LogP contribution in [-0.2, 0) is 9.59 Å². The molecule has 0 aliphatic heterocycles. The molecule has 1 N–H and O–H groups in total. The molecule has 0 aliphatic carbocycles. The normalized spacial score (nSPS) is 11.5. The average Bonchev–Trinajstić information content (AvgIpc) is 2.28. The lowest BCUT2D eigenvalue weighted by molar-refractivity contribution is -0.111. The maximum atomic E-state index is 10.3. The fourth-order valence-electron chi connectivity index (χ4n) is 0.982. The molecule has 1 atom stereocenters. The smallest absolute Gasteiger partial charge is 0.211 e. The van der Waals surface area contributed by atoms with Gasteiger partial charge in [0.25, 0.3) is 0 Å². The Labute approximate surface area is 88.2 Å². The summed E-state index contributed by atoms with van der Waals surface area (Å²) in [6.07, 6.45) is 1.46. The summed E-state index contributed by atoms with van der Waals surface area (Å²) < 4.78 is 5.34. The quantitative estimate of drug-likeness (QED) is 0.718. The SMILES string of the molecule is CC(C=O)COc1ccc(NC=O)cc1. The zero-order valence-corrected chi connectivity index (χ0v) is 8.47. The van der Waals surface area contributed by atoms with Crippen molar-refractivity contribution in [1.29, 1.82) is 0 Å². The second-order valence-corrected chi connectivity index (χ2v) is 3.21. The average molecular weight is 207 g/mol. The van der Waals surface area contributed by atoms with Crippen molar-refractivity contribution >= 4 is 18.4 Å². The van der Waals surface area contributed by atoms with Gasteiger partial charge >= 0.3 is 0 Å². The molecule has 0 saturated heterocycles. The molecule has 1 unspecified atom stereocenters. The molecular formula is C11H13NO3. The first-order valence-electron chi connectivity index (χ1n) is 4.64. The van der Waals surface area contributed by atoms with Gasteiger partial charge in [-0.3, -0.25) is 4.79 Å². The van der Waals surface area contributed by atoms with Crippen LogP contribution in [0, 0.1) is 5.92 Å². The number of carbonyl (C=O) groups is 2. The van der Waals surface area contributed by atoms with Crippen LogP contribution in [0.15, 0.2) is 24.3 Å². The predicted octanol–water partition coefficient (Wildman–Crippen LogP) is 1.47. The fourth-order valence-corrected chi connectivity index (χ4v) is 0.982. The molecule has 0 spiro atoms. The summed E-state index contributed by atoms with van der Waals surface area (Å²) in [5.74, 6) is 0.568. The molecule has 0 bridgehead atoms. The van der Waals surface area contributed by atoms with E-state index in [2.05, 4.69) is 5.32 Å². The lowest BCUT2D eigenvalue weighted by Gasteiger charge is -2.08. The van der Waals surface area contributed by atoms with Crippen LogP contribution in [0.3, 0.4) is 0 Å². The minimum absolute atomic E-state index is 0.113. The number of hydrogen-bond acceptors (Lipinski definition) is 3. The number of anilines is 1. The minimum atomic E-state index is -0.113. The maximum absolute atomic E-state index is 10.3. The molecule has 1 rings (SSSR count). The Bertz CT molecular complexity index is 321. The Morgan fingerprint density at radius 3 is 2.53 bits per heavy atom. The van der Waals surface area contributed by atoms with Gasteiger partial charge in [-0.2, -0.15) is 0 Å². The second-order valence-electron chi connectivity index (χ2n) is 3.21. The molecule has 1 aromatic carbocycles. The first-order valence-corrected chi connectivity index (χ1v) is 4.64. The van der Waals surface area contributed by atoms with Gasteiger partial charge in [0, 0.05) is 11.6 Å². The first kappa shape index (κ1) is 11.2. The summed E-state index contributed by atoms with van der Waals surface area (Å²) in [5.41, 5.74) is 0.709. The molecule has 1 aromatic rings. The molecule has 0 saturated carbocycles. The third-order valence-electron chi connectivity index (χ3n) is 1.83. The van der Waals surface area contributed by atoms with Gasteiger partial charge in [-0.25, -0.2) is 0 Å². The number of rotatable bonds is 6. The molecule has 4 heteroatoms. The molecule has 0 aromatic heterocycles. The van der Waals surface area contributed by atoms with Gasteiger partial charge in [-0.1, -0.05) is 6.92 Å². The lowest BCUT2D eigenvalue weighted by Crippen LogP contribution is -2.09. The Morgan fingerprint density at radius 2 is 2.00 bits per heavy atom. The van der Waals surface area contributed by atoms with Crippen molar-refractivity contribution in [3.8, 4) is 5.75 Å². The Hall–Kier alpha value is -1.84. The summed E-state index contributed by atoms with van der Waals surface area (Å²) in [5, 5.41) is 2.52. The summed E-state index contributed by atoms with van der Waals surface area (Å²) in [7, 11) is 0. The summed E-state index contributed by atoms with van der Waals surface area (Å²) in [4.78, 5) is 20.5. The molecule has 80 valence electrons. The van der Waals surface area contributed by atoms with Crippen molar-refractivity contribution in [2.75, 3.05) is 11.9 Å². The van der Waals surface area contributed by atoms with Crippen molar-refractivity contribution in [1.82, 2.24) is 0 Å².